The highest BCUT2D eigenvalue weighted by Crippen LogP contribution is 2.28. The van der Waals surface area contributed by atoms with Gasteiger partial charge in [-0.15, -0.1) is 0 Å². The van der Waals surface area contributed by atoms with Gasteiger partial charge in [0, 0.05) is 6.54 Å². The molecule has 0 bridgehead atoms. The molecule has 0 aromatic heterocycles. The van der Waals surface area contributed by atoms with Crippen LogP contribution in [0.15, 0.2) is 48.5 Å². The van der Waals surface area contributed by atoms with Crippen LogP contribution in [0.2, 0.25) is 0 Å². The maximum Gasteiger partial charge on any atom is 0.312 e. The summed E-state index contributed by atoms with van der Waals surface area (Å²) in [4.78, 5) is 23.5. The highest BCUT2D eigenvalue weighted by Gasteiger charge is 2.21. The molecule has 0 saturated carbocycles. The Morgan fingerprint density at radius 1 is 1.15 bits per heavy atom. The third-order valence-electron chi connectivity index (χ3n) is 4.49. The first-order valence-electron chi connectivity index (χ1n) is 8.89. The minimum atomic E-state index is -1.09. The number of carbonyl (C=O) groups is 2. The predicted molar refractivity (Wildman–Crippen MR) is 100 cm³/mol. The molecule has 0 radical (unpaired) electrons. The summed E-state index contributed by atoms with van der Waals surface area (Å²) >= 11 is 0. The Morgan fingerprint density at radius 2 is 1.81 bits per heavy atom. The molecule has 0 aliphatic carbocycles. The zero-order valence-corrected chi connectivity index (χ0v) is 15.4. The van der Waals surface area contributed by atoms with E-state index in [1.54, 1.807) is 0 Å². The number of hydrogen-bond donors (Lipinski definition) is 2. The zero-order valence-electron chi connectivity index (χ0n) is 15.4. The highest BCUT2D eigenvalue weighted by atomic mass is 19.1. The van der Waals surface area contributed by atoms with Crippen LogP contribution in [0.25, 0.3) is 0 Å². The van der Waals surface area contributed by atoms with Crippen molar-refractivity contribution in [2.24, 2.45) is 0 Å². The van der Waals surface area contributed by atoms with Crippen LogP contribution in [0.4, 0.5) is 4.39 Å². The molecule has 0 fully saturated rings. The van der Waals surface area contributed by atoms with Crippen molar-refractivity contribution >= 4 is 11.9 Å². The third-order valence-corrected chi connectivity index (χ3v) is 4.49. The van der Waals surface area contributed by atoms with Crippen LogP contribution < -0.4 is 10.1 Å². The van der Waals surface area contributed by atoms with Crippen molar-refractivity contribution < 1.29 is 23.8 Å². The smallest absolute Gasteiger partial charge is 0.312 e. The second kappa shape index (κ2) is 9.71. The second-order valence-corrected chi connectivity index (χ2v) is 6.38. The standard InChI is InChI=1S/C21H24FNO4/c1-3-14(2)17-6-4-5-7-19(17)27-13-20(24)23-12-18(21(25)26)15-8-10-16(22)11-9-15/h4-11,14,18H,3,12-13H2,1-2H3,(H,23,24)(H,25,26). The van der Waals surface area contributed by atoms with Crippen molar-refractivity contribution in [1.29, 1.82) is 0 Å². The van der Waals surface area contributed by atoms with Crippen LogP contribution in [-0.2, 0) is 9.59 Å². The summed E-state index contributed by atoms with van der Waals surface area (Å²) in [6.45, 7) is 3.86. The van der Waals surface area contributed by atoms with E-state index in [2.05, 4.69) is 19.2 Å². The maximum absolute atomic E-state index is 13.0. The maximum atomic E-state index is 13.0. The molecule has 0 aliphatic heterocycles. The number of carbonyl (C=O) groups excluding carboxylic acids is 1. The van der Waals surface area contributed by atoms with Gasteiger partial charge in [-0.3, -0.25) is 9.59 Å². The van der Waals surface area contributed by atoms with E-state index in [1.807, 2.05) is 24.3 Å². The Labute approximate surface area is 158 Å². The molecule has 1 amide bonds. The first kappa shape index (κ1) is 20.4. The SMILES string of the molecule is CCC(C)c1ccccc1OCC(=O)NCC(C(=O)O)c1ccc(F)cc1. The first-order chi connectivity index (χ1) is 12.9. The molecule has 0 aliphatic rings. The van der Waals surface area contributed by atoms with Gasteiger partial charge in [0.15, 0.2) is 6.61 Å². The number of carboxylic acid groups (broad SMARTS) is 1. The lowest BCUT2D eigenvalue weighted by molar-refractivity contribution is -0.138. The van der Waals surface area contributed by atoms with Crippen molar-refractivity contribution in [3.05, 3.63) is 65.5 Å². The molecular weight excluding hydrogens is 349 g/mol. The number of para-hydroxylation sites is 1. The van der Waals surface area contributed by atoms with Gasteiger partial charge in [-0.2, -0.15) is 0 Å². The van der Waals surface area contributed by atoms with Crippen LogP contribution in [0.3, 0.4) is 0 Å². The van der Waals surface area contributed by atoms with Crippen LogP contribution >= 0.6 is 0 Å². The lowest BCUT2D eigenvalue weighted by Gasteiger charge is -2.16. The molecule has 27 heavy (non-hydrogen) atoms. The normalized spacial score (nSPS) is 12.9. The van der Waals surface area contributed by atoms with E-state index < -0.39 is 23.6 Å². The van der Waals surface area contributed by atoms with Crippen molar-refractivity contribution in [3.63, 3.8) is 0 Å². The summed E-state index contributed by atoms with van der Waals surface area (Å²) < 4.78 is 18.6. The quantitative estimate of drug-likeness (QED) is 0.703. The summed E-state index contributed by atoms with van der Waals surface area (Å²) in [5.41, 5.74) is 1.45. The van der Waals surface area contributed by atoms with E-state index in [4.69, 9.17) is 4.74 Å². The summed E-state index contributed by atoms with van der Waals surface area (Å²) in [5.74, 6) is -1.95. The van der Waals surface area contributed by atoms with Crippen LogP contribution in [0, 0.1) is 5.82 Å². The minimum absolute atomic E-state index is 0.101. The van der Waals surface area contributed by atoms with E-state index >= 15 is 0 Å². The summed E-state index contributed by atoms with van der Waals surface area (Å²) in [6.07, 6.45) is 0.949. The van der Waals surface area contributed by atoms with Crippen molar-refractivity contribution in [3.8, 4) is 5.75 Å². The van der Waals surface area contributed by atoms with Gasteiger partial charge < -0.3 is 15.2 Å². The van der Waals surface area contributed by atoms with Gasteiger partial charge in [0.25, 0.3) is 5.91 Å². The van der Waals surface area contributed by atoms with E-state index in [-0.39, 0.29) is 13.2 Å². The molecule has 2 aromatic rings. The second-order valence-electron chi connectivity index (χ2n) is 6.38. The number of ether oxygens (including phenoxy) is 1. The van der Waals surface area contributed by atoms with Crippen LogP contribution in [-0.4, -0.2) is 30.1 Å². The highest BCUT2D eigenvalue weighted by molar-refractivity contribution is 5.80. The number of aliphatic carboxylic acids is 1. The monoisotopic (exact) mass is 373 g/mol. The Bertz CT molecular complexity index is 776. The summed E-state index contributed by atoms with van der Waals surface area (Å²) in [6, 6.07) is 12.7. The van der Waals surface area contributed by atoms with Crippen LogP contribution in [0.1, 0.15) is 43.2 Å². The van der Waals surface area contributed by atoms with Gasteiger partial charge in [0.2, 0.25) is 0 Å². The van der Waals surface area contributed by atoms with Gasteiger partial charge in [-0.25, -0.2) is 4.39 Å². The van der Waals surface area contributed by atoms with Crippen molar-refractivity contribution in [1.82, 2.24) is 5.32 Å². The van der Waals surface area contributed by atoms with E-state index in [9.17, 15) is 19.1 Å². The minimum Gasteiger partial charge on any atom is -0.483 e. The van der Waals surface area contributed by atoms with Gasteiger partial charge in [-0.05, 0) is 41.7 Å². The molecule has 6 heteroatoms. The molecule has 2 unspecified atom stereocenters. The number of benzene rings is 2. The Balaban J connectivity index is 1.94. The molecule has 5 nitrogen and oxygen atoms in total. The lowest BCUT2D eigenvalue weighted by Crippen LogP contribution is -2.34. The number of amides is 1. The number of halogens is 1. The summed E-state index contributed by atoms with van der Waals surface area (Å²) in [5, 5.41) is 11.9. The topological polar surface area (TPSA) is 75.6 Å². The van der Waals surface area contributed by atoms with Crippen molar-refractivity contribution in [2.75, 3.05) is 13.2 Å². The molecule has 0 heterocycles. The fourth-order valence-corrected chi connectivity index (χ4v) is 2.69. The third kappa shape index (κ3) is 5.81. The van der Waals surface area contributed by atoms with E-state index in [0.29, 0.717) is 17.2 Å². The van der Waals surface area contributed by atoms with E-state index in [0.717, 1.165) is 12.0 Å². The zero-order chi connectivity index (χ0) is 19.8. The number of carboxylic acids is 1. The number of rotatable bonds is 9. The molecular formula is C21H24FNO4. The largest absolute Gasteiger partial charge is 0.483 e. The van der Waals surface area contributed by atoms with Gasteiger partial charge >= 0.3 is 5.97 Å². The Morgan fingerprint density at radius 3 is 2.44 bits per heavy atom. The molecule has 0 saturated heterocycles. The van der Waals surface area contributed by atoms with Crippen molar-refractivity contribution in [2.45, 2.75) is 32.1 Å². The number of nitrogens with one attached hydrogen (secondary N) is 1. The molecule has 0 spiro atoms. The average Bonchev–Trinajstić information content (AvgIpc) is 2.67. The fourth-order valence-electron chi connectivity index (χ4n) is 2.69. The summed E-state index contributed by atoms with van der Waals surface area (Å²) in [7, 11) is 0. The van der Waals surface area contributed by atoms with Gasteiger partial charge in [0.05, 0.1) is 5.92 Å². The number of hydrogen-bond acceptors (Lipinski definition) is 3. The Hall–Kier alpha value is -2.89. The van der Waals surface area contributed by atoms with E-state index in [1.165, 1.54) is 24.3 Å². The first-order valence-corrected chi connectivity index (χ1v) is 8.89. The predicted octanol–water partition coefficient (Wildman–Crippen LogP) is 3.70. The van der Waals surface area contributed by atoms with Crippen LogP contribution in [0.5, 0.6) is 5.75 Å². The molecule has 2 aromatic carbocycles. The molecule has 2 rings (SSSR count). The lowest BCUT2D eigenvalue weighted by atomic mass is 9.98. The average molecular weight is 373 g/mol. The molecule has 144 valence electrons. The Kier molecular flexibility index (Phi) is 7.34. The fraction of sp³-hybridized carbons (Fsp3) is 0.333. The molecule has 2 atom stereocenters. The van der Waals surface area contributed by atoms with Gasteiger partial charge in [0.1, 0.15) is 11.6 Å². The van der Waals surface area contributed by atoms with Gasteiger partial charge in [-0.1, -0.05) is 44.2 Å². The molecule has 2 N–H and O–H groups in total.